The van der Waals surface area contributed by atoms with Gasteiger partial charge in [-0.3, -0.25) is 9.59 Å². The average Bonchev–Trinajstić information content (AvgIpc) is 2.81. The second kappa shape index (κ2) is 8.36. The summed E-state index contributed by atoms with van der Waals surface area (Å²) in [5, 5.41) is 10.1. The summed E-state index contributed by atoms with van der Waals surface area (Å²) in [5.41, 5.74) is 3.85. The van der Waals surface area contributed by atoms with Crippen molar-refractivity contribution in [2.24, 2.45) is 5.92 Å². The molecule has 0 bridgehead atoms. The third-order valence-electron chi connectivity index (χ3n) is 4.60. The third kappa shape index (κ3) is 4.25. The molecule has 0 aliphatic heterocycles. The Morgan fingerprint density at radius 2 is 1.96 bits per heavy atom. The Morgan fingerprint density at radius 1 is 1.27 bits per heavy atom. The Bertz CT molecular complexity index is 808. The molecule has 2 aromatic rings. The number of aryl methyl sites for hydroxylation is 1. The van der Waals surface area contributed by atoms with E-state index in [4.69, 9.17) is 9.84 Å². The smallest absolute Gasteiger partial charge is 0.323 e. The van der Waals surface area contributed by atoms with E-state index in [-0.39, 0.29) is 18.4 Å². The standard InChI is InChI=1S/C20H28N2O4/c1-13(2)11-21(12-19(23)24)20(25)16-6-7-18-17(10-16)14(3)15(4)22(18)8-9-26-5/h6-7,10,13H,8-9,11-12H2,1-5H3,(H,23,24). The highest BCUT2D eigenvalue weighted by Crippen LogP contribution is 2.27. The van der Waals surface area contributed by atoms with E-state index >= 15 is 0 Å². The molecule has 0 aliphatic carbocycles. The van der Waals surface area contributed by atoms with Gasteiger partial charge in [-0.25, -0.2) is 0 Å². The number of aromatic nitrogens is 1. The Morgan fingerprint density at radius 3 is 2.54 bits per heavy atom. The minimum atomic E-state index is -1.00. The molecule has 1 N–H and O–H groups in total. The molecule has 1 aromatic heterocycles. The molecule has 0 atom stereocenters. The molecule has 0 radical (unpaired) electrons. The van der Waals surface area contributed by atoms with Crippen LogP contribution in [0.2, 0.25) is 0 Å². The summed E-state index contributed by atoms with van der Waals surface area (Å²) in [7, 11) is 1.68. The Labute approximate surface area is 154 Å². The van der Waals surface area contributed by atoms with Crippen molar-refractivity contribution in [3.63, 3.8) is 0 Å². The first kappa shape index (κ1) is 20.0. The molecule has 2 rings (SSSR count). The molecule has 0 unspecified atom stereocenters. The van der Waals surface area contributed by atoms with Crippen molar-refractivity contribution in [3.05, 3.63) is 35.0 Å². The van der Waals surface area contributed by atoms with Gasteiger partial charge in [0.2, 0.25) is 0 Å². The zero-order valence-corrected chi connectivity index (χ0v) is 16.2. The lowest BCUT2D eigenvalue weighted by molar-refractivity contribution is -0.137. The predicted molar refractivity (Wildman–Crippen MR) is 102 cm³/mol. The fraction of sp³-hybridized carbons (Fsp3) is 0.500. The van der Waals surface area contributed by atoms with Gasteiger partial charge in [-0.2, -0.15) is 0 Å². The predicted octanol–water partition coefficient (Wildman–Crippen LogP) is 3.09. The molecule has 142 valence electrons. The highest BCUT2D eigenvalue weighted by Gasteiger charge is 2.21. The fourth-order valence-electron chi connectivity index (χ4n) is 3.26. The van der Waals surface area contributed by atoms with Crippen LogP contribution in [0.4, 0.5) is 0 Å². The second-order valence-corrected chi connectivity index (χ2v) is 7.06. The summed E-state index contributed by atoms with van der Waals surface area (Å²) in [6, 6.07) is 5.59. The lowest BCUT2D eigenvalue weighted by Crippen LogP contribution is -2.38. The number of carboxylic acid groups (broad SMARTS) is 1. The first-order valence-electron chi connectivity index (χ1n) is 8.85. The average molecular weight is 360 g/mol. The molecule has 1 heterocycles. The van der Waals surface area contributed by atoms with Gasteiger partial charge < -0.3 is 19.3 Å². The first-order chi connectivity index (χ1) is 12.3. The molecule has 0 fully saturated rings. The van der Waals surface area contributed by atoms with Gasteiger partial charge >= 0.3 is 5.97 Å². The van der Waals surface area contributed by atoms with Gasteiger partial charge in [-0.05, 0) is 43.5 Å². The van der Waals surface area contributed by atoms with E-state index in [0.717, 1.165) is 28.7 Å². The topological polar surface area (TPSA) is 71.8 Å². The van der Waals surface area contributed by atoms with Crippen LogP contribution in [0.1, 0.15) is 35.5 Å². The normalized spacial score (nSPS) is 11.3. The lowest BCUT2D eigenvalue weighted by Gasteiger charge is -2.23. The minimum absolute atomic E-state index is 0.195. The number of nitrogens with zero attached hydrogens (tertiary/aromatic N) is 2. The number of carboxylic acids is 1. The lowest BCUT2D eigenvalue weighted by atomic mass is 10.1. The maximum atomic E-state index is 12.9. The van der Waals surface area contributed by atoms with Crippen molar-refractivity contribution in [3.8, 4) is 0 Å². The molecule has 0 saturated carbocycles. The van der Waals surface area contributed by atoms with E-state index < -0.39 is 5.97 Å². The van der Waals surface area contributed by atoms with E-state index in [2.05, 4.69) is 11.5 Å². The number of hydrogen-bond acceptors (Lipinski definition) is 3. The Hall–Kier alpha value is -2.34. The Kier molecular flexibility index (Phi) is 6.42. The van der Waals surface area contributed by atoms with Gasteiger partial charge in [0.15, 0.2) is 0 Å². The number of ether oxygens (including phenoxy) is 1. The first-order valence-corrected chi connectivity index (χ1v) is 8.85. The van der Waals surface area contributed by atoms with Crippen LogP contribution in [0.25, 0.3) is 10.9 Å². The molecule has 0 aliphatic rings. The van der Waals surface area contributed by atoms with Crippen LogP contribution in [0.5, 0.6) is 0 Å². The molecule has 1 amide bonds. The van der Waals surface area contributed by atoms with Crippen LogP contribution in [-0.2, 0) is 16.1 Å². The van der Waals surface area contributed by atoms with Crippen LogP contribution < -0.4 is 0 Å². The Balaban J connectivity index is 2.41. The highest BCUT2D eigenvalue weighted by atomic mass is 16.5. The van der Waals surface area contributed by atoms with Crippen LogP contribution in [0.15, 0.2) is 18.2 Å². The van der Waals surface area contributed by atoms with Crippen molar-refractivity contribution in [2.75, 3.05) is 26.8 Å². The van der Waals surface area contributed by atoms with Gasteiger partial charge in [0.25, 0.3) is 5.91 Å². The van der Waals surface area contributed by atoms with E-state index in [1.165, 1.54) is 4.90 Å². The number of aliphatic carboxylic acids is 1. The zero-order chi connectivity index (χ0) is 19.4. The van der Waals surface area contributed by atoms with Gasteiger partial charge in [-0.1, -0.05) is 13.8 Å². The molecule has 6 nitrogen and oxygen atoms in total. The van der Waals surface area contributed by atoms with Crippen molar-refractivity contribution >= 4 is 22.8 Å². The van der Waals surface area contributed by atoms with E-state index in [0.29, 0.717) is 18.7 Å². The third-order valence-corrected chi connectivity index (χ3v) is 4.60. The zero-order valence-electron chi connectivity index (χ0n) is 16.2. The fourth-order valence-corrected chi connectivity index (χ4v) is 3.26. The van der Waals surface area contributed by atoms with Crippen LogP contribution in [-0.4, -0.2) is 53.3 Å². The molecule has 0 saturated heterocycles. The van der Waals surface area contributed by atoms with Crippen molar-refractivity contribution in [1.29, 1.82) is 0 Å². The molecule has 1 aromatic carbocycles. The van der Waals surface area contributed by atoms with Gasteiger partial charge in [0.1, 0.15) is 6.54 Å². The maximum absolute atomic E-state index is 12.9. The number of hydrogen-bond donors (Lipinski definition) is 1. The monoisotopic (exact) mass is 360 g/mol. The SMILES string of the molecule is COCCn1c(C)c(C)c2cc(C(=O)N(CC(=O)O)CC(C)C)ccc21. The van der Waals surface area contributed by atoms with Crippen molar-refractivity contribution in [1.82, 2.24) is 9.47 Å². The summed E-state index contributed by atoms with van der Waals surface area (Å²) in [6.45, 7) is 9.52. The maximum Gasteiger partial charge on any atom is 0.323 e. The quantitative estimate of drug-likeness (QED) is 0.785. The molecule has 6 heteroatoms. The number of methoxy groups -OCH3 is 1. The second-order valence-electron chi connectivity index (χ2n) is 7.06. The van der Waals surface area contributed by atoms with E-state index in [9.17, 15) is 9.59 Å². The molecule has 0 spiro atoms. The van der Waals surface area contributed by atoms with Gasteiger partial charge in [0.05, 0.1) is 6.61 Å². The molecule has 26 heavy (non-hydrogen) atoms. The highest BCUT2D eigenvalue weighted by molar-refractivity contribution is 6.00. The number of fused-ring (bicyclic) bond motifs is 1. The largest absolute Gasteiger partial charge is 0.480 e. The number of carbonyl (C=O) groups is 2. The van der Waals surface area contributed by atoms with Gasteiger partial charge in [-0.15, -0.1) is 0 Å². The van der Waals surface area contributed by atoms with Crippen molar-refractivity contribution < 1.29 is 19.4 Å². The number of carbonyl (C=O) groups excluding carboxylic acids is 1. The summed E-state index contributed by atoms with van der Waals surface area (Å²) in [5.74, 6) is -1.05. The summed E-state index contributed by atoms with van der Waals surface area (Å²) in [4.78, 5) is 25.4. The van der Waals surface area contributed by atoms with E-state index in [1.807, 2.05) is 32.9 Å². The number of rotatable bonds is 8. The summed E-state index contributed by atoms with van der Waals surface area (Å²) >= 11 is 0. The van der Waals surface area contributed by atoms with Crippen LogP contribution in [0, 0.1) is 19.8 Å². The van der Waals surface area contributed by atoms with Gasteiger partial charge in [0, 0.05) is 42.4 Å². The van der Waals surface area contributed by atoms with E-state index in [1.54, 1.807) is 13.2 Å². The minimum Gasteiger partial charge on any atom is -0.480 e. The molecular formula is C20H28N2O4. The van der Waals surface area contributed by atoms with Crippen molar-refractivity contribution in [2.45, 2.75) is 34.2 Å². The summed E-state index contributed by atoms with van der Waals surface area (Å²) < 4.78 is 7.38. The number of benzene rings is 1. The van der Waals surface area contributed by atoms with Crippen LogP contribution in [0.3, 0.4) is 0 Å². The molecular weight excluding hydrogens is 332 g/mol. The number of amides is 1. The summed E-state index contributed by atoms with van der Waals surface area (Å²) in [6.07, 6.45) is 0. The van der Waals surface area contributed by atoms with Crippen LogP contribution >= 0.6 is 0 Å².